The Morgan fingerprint density at radius 2 is 1.47 bits per heavy atom. The van der Waals surface area contributed by atoms with Gasteiger partial charge < -0.3 is 4.57 Å². The molecule has 0 atom stereocenters. The molecule has 0 bridgehead atoms. The van der Waals surface area contributed by atoms with Crippen LogP contribution in [0.1, 0.15) is 90.5 Å². The largest absolute Gasteiger partial charge is 0.343 e. The molecule has 0 saturated heterocycles. The molecule has 1 aromatic heterocycles. The van der Waals surface area contributed by atoms with Crippen molar-refractivity contribution < 1.29 is 8.42 Å². The Morgan fingerprint density at radius 3 is 1.91 bits per heavy atom. The van der Waals surface area contributed by atoms with Crippen LogP contribution in [0.2, 0.25) is 0 Å². The highest BCUT2D eigenvalue weighted by Gasteiger charge is 2.28. The zero-order chi connectivity index (χ0) is 24.1. The van der Waals surface area contributed by atoms with Crippen LogP contribution in [0.5, 0.6) is 0 Å². The van der Waals surface area contributed by atoms with Gasteiger partial charge in [0.05, 0.1) is 0 Å². The van der Waals surface area contributed by atoms with Gasteiger partial charge in [0.25, 0.3) is 0 Å². The Hall–Kier alpha value is -1.11. The van der Waals surface area contributed by atoms with Gasteiger partial charge in [0.2, 0.25) is 10.0 Å². The number of sulfonamides is 1. The smallest absolute Gasteiger partial charge is 0.239 e. The highest BCUT2D eigenvalue weighted by Crippen LogP contribution is 2.42. The topological polar surface area (TPSA) is 65.1 Å². The molecule has 0 spiro atoms. The molecule has 1 fully saturated rings. The van der Waals surface area contributed by atoms with Gasteiger partial charge in [0.15, 0.2) is 0 Å². The van der Waals surface area contributed by atoms with E-state index in [4.69, 9.17) is 5.14 Å². The van der Waals surface area contributed by atoms with Crippen molar-refractivity contribution in [3.63, 3.8) is 0 Å². The summed E-state index contributed by atoms with van der Waals surface area (Å²) in [5, 5.41) is 5.62. The van der Waals surface area contributed by atoms with Crippen molar-refractivity contribution in [3.8, 4) is 11.3 Å². The van der Waals surface area contributed by atoms with E-state index in [0.717, 1.165) is 28.0 Å². The summed E-state index contributed by atoms with van der Waals surface area (Å²) in [6, 6.07) is 6.23. The van der Waals surface area contributed by atoms with E-state index in [-0.39, 0.29) is 15.7 Å². The first-order chi connectivity index (χ1) is 14.6. The number of hydrogen-bond acceptors (Lipinski definition) is 2. The normalized spacial score (nSPS) is 16.5. The number of primary sulfonamides is 1. The van der Waals surface area contributed by atoms with Crippen molar-refractivity contribution in [1.29, 1.82) is 0 Å². The molecule has 1 aliphatic rings. The van der Waals surface area contributed by atoms with Gasteiger partial charge in [-0.1, -0.05) is 76.7 Å². The molecular formula is C26H39BrN2O2S. The summed E-state index contributed by atoms with van der Waals surface area (Å²) in [5.74, 6) is 0.571. The van der Waals surface area contributed by atoms with Crippen LogP contribution in [0.25, 0.3) is 11.3 Å². The predicted octanol–water partition coefficient (Wildman–Crippen LogP) is 7.05. The molecule has 1 aromatic carbocycles. The molecular weight excluding hydrogens is 484 g/mol. The lowest BCUT2D eigenvalue weighted by Gasteiger charge is -2.29. The summed E-state index contributed by atoms with van der Waals surface area (Å²) in [5.41, 5.74) is 5.06. The van der Waals surface area contributed by atoms with Crippen LogP contribution in [-0.4, -0.2) is 13.0 Å². The number of nitrogens with two attached hydrogens (primary N) is 1. The minimum atomic E-state index is -3.80. The van der Waals surface area contributed by atoms with Gasteiger partial charge >= 0.3 is 0 Å². The van der Waals surface area contributed by atoms with Crippen LogP contribution < -0.4 is 5.14 Å². The highest BCUT2D eigenvalue weighted by molar-refractivity contribution is 9.10. The van der Waals surface area contributed by atoms with Gasteiger partial charge in [-0.3, -0.25) is 0 Å². The number of rotatable bonds is 4. The Labute approximate surface area is 203 Å². The van der Waals surface area contributed by atoms with Crippen molar-refractivity contribution >= 4 is 26.0 Å². The second-order valence-corrected chi connectivity index (χ2v) is 13.8. The Kier molecular flexibility index (Phi) is 7.11. The second kappa shape index (κ2) is 8.92. The first-order valence-corrected chi connectivity index (χ1v) is 14.0. The van der Waals surface area contributed by atoms with Gasteiger partial charge in [-0.15, -0.1) is 0 Å². The number of nitrogens with zero attached hydrogens (tertiary/aromatic N) is 1. The molecule has 4 nitrogen and oxygen atoms in total. The molecule has 3 rings (SSSR count). The van der Waals surface area contributed by atoms with Crippen LogP contribution >= 0.6 is 15.9 Å². The first-order valence-electron chi connectivity index (χ1n) is 11.7. The van der Waals surface area contributed by atoms with Gasteiger partial charge in [-0.05, 0) is 71.4 Å². The molecule has 1 saturated carbocycles. The van der Waals surface area contributed by atoms with Crippen molar-refractivity contribution in [3.05, 3.63) is 39.5 Å². The fourth-order valence-electron chi connectivity index (χ4n) is 4.87. The van der Waals surface area contributed by atoms with Crippen LogP contribution in [0.15, 0.2) is 27.6 Å². The SMILES string of the molecule is Cc1c(S(N)(=O)=O)cc(-c2cc(C(C)(C)C)c(Br)c(C(C)(C)C)c2)n1CC1CCCCC1. The number of halogens is 1. The molecule has 0 aliphatic heterocycles. The fraction of sp³-hybridized carbons (Fsp3) is 0.615. The molecule has 2 N–H and O–H groups in total. The highest BCUT2D eigenvalue weighted by atomic mass is 79.9. The molecule has 0 amide bonds. The Morgan fingerprint density at radius 1 is 0.969 bits per heavy atom. The molecule has 178 valence electrons. The van der Waals surface area contributed by atoms with E-state index in [9.17, 15) is 8.42 Å². The maximum Gasteiger partial charge on any atom is 0.239 e. The van der Waals surface area contributed by atoms with Gasteiger partial charge in [0.1, 0.15) is 4.90 Å². The van der Waals surface area contributed by atoms with Gasteiger partial charge in [0, 0.05) is 22.4 Å². The van der Waals surface area contributed by atoms with E-state index in [0.29, 0.717) is 5.92 Å². The summed E-state index contributed by atoms with van der Waals surface area (Å²) in [6.07, 6.45) is 6.20. The van der Waals surface area contributed by atoms with Crippen molar-refractivity contribution in [2.75, 3.05) is 0 Å². The van der Waals surface area contributed by atoms with Crippen molar-refractivity contribution in [2.45, 2.75) is 103 Å². The standard InChI is InChI=1S/C26H39BrN2O2S/c1-17-23(32(28,30)31)15-22(29(17)16-18-11-9-8-10-12-18)19-13-20(25(2,3)4)24(27)21(14-19)26(5,6)7/h13-15,18H,8-12,16H2,1-7H3,(H2,28,30,31). The van der Waals surface area contributed by atoms with E-state index in [2.05, 4.69) is 74.2 Å². The fourth-order valence-corrected chi connectivity index (χ4v) is 7.09. The van der Waals surface area contributed by atoms with Gasteiger partial charge in [-0.25, -0.2) is 13.6 Å². The minimum Gasteiger partial charge on any atom is -0.343 e. The lowest BCUT2D eigenvalue weighted by molar-refractivity contribution is 0.318. The van der Waals surface area contributed by atoms with Gasteiger partial charge in [-0.2, -0.15) is 0 Å². The third kappa shape index (κ3) is 5.34. The molecule has 6 heteroatoms. The lowest BCUT2D eigenvalue weighted by Crippen LogP contribution is -2.19. The molecule has 1 aliphatic carbocycles. The summed E-state index contributed by atoms with van der Waals surface area (Å²) >= 11 is 3.89. The zero-order valence-corrected chi connectivity index (χ0v) is 23.1. The van der Waals surface area contributed by atoms with E-state index >= 15 is 0 Å². The second-order valence-electron chi connectivity index (χ2n) is 11.5. The Balaban J connectivity index is 2.28. The average molecular weight is 524 g/mol. The van der Waals surface area contributed by atoms with Crippen molar-refractivity contribution in [2.24, 2.45) is 11.1 Å². The van der Waals surface area contributed by atoms with Crippen LogP contribution in [-0.2, 0) is 27.4 Å². The minimum absolute atomic E-state index is 0.0620. The molecule has 1 heterocycles. The molecule has 32 heavy (non-hydrogen) atoms. The number of aromatic nitrogens is 1. The maximum absolute atomic E-state index is 12.4. The third-order valence-corrected chi connectivity index (χ3v) is 8.66. The van der Waals surface area contributed by atoms with Crippen LogP contribution in [0.4, 0.5) is 0 Å². The average Bonchev–Trinajstić information content (AvgIpc) is 2.98. The first kappa shape index (κ1) is 25.5. The summed E-state index contributed by atoms with van der Waals surface area (Å²) in [6.45, 7) is 16.0. The van der Waals surface area contributed by atoms with E-state index in [1.54, 1.807) is 6.07 Å². The third-order valence-electron chi connectivity index (χ3n) is 6.78. The van der Waals surface area contributed by atoms with Crippen molar-refractivity contribution in [1.82, 2.24) is 4.57 Å². The zero-order valence-electron chi connectivity index (χ0n) is 20.7. The maximum atomic E-state index is 12.4. The van der Waals surface area contributed by atoms with E-state index in [1.807, 2.05) is 6.92 Å². The van der Waals surface area contributed by atoms with Crippen LogP contribution in [0, 0.1) is 12.8 Å². The molecule has 0 radical (unpaired) electrons. The molecule has 0 unspecified atom stereocenters. The monoisotopic (exact) mass is 522 g/mol. The van der Waals surface area contributed by atoms with E-state index < -0.39 is 10.0 Å². The lowest BCUT2D eigenvalue weighted by atomic mass is 9.79. The predicted molar refractivity (Wildman–Crippen MR) is 138 cm³/mol. The number of hydrogen-bond donors (Lipinski definition) is 1. The summed E-state index contributed by atoms with van der Waals surface area (Å²) in [4.78, 5) is 0.237. The summed E-state index contributed by atoms with van der Waals surface area (Å²) < 4.78 is 28.2. The number of benzene rings is 1. The van der Waals surface area contributed by atoms with E-state index in [1.165, 1.54) is 43.2 Å². The molecule has 2 aromatic rings. The summed E-state index contributed by atoms with van der Waals surface area (Å²) in [7, 11) is -3.80. The quantitative estimate of drug-likeness (QED) is 0.467. The Bertz CT molecular complexity index is 1060. The van der Waals surface area contributed by atoms with Crippen LogP contribution in [0.3, 0.4) is 0 Å².